The Morgan fingerprint density at radius 3 is 3.00 bits per heavy atom. The third-order valence-electron chi connectivity index (χ3n) is 4.12. The third kappa shape index (κ3) is 2.71. The molecule has 0 aliphatic carbocycles. The first-order chi connectivity index (χ1) is 10.6. The van der Waals surface area contributed by atoms with Gasteiger partial charge >= 0.3 is 0 Å². The Kier molecular flexibility index (Phi) is 3.88. The number of aromatic nitrogens is 2. The van der Waals surface area contributed by atoms with E-state index in [0.29, 0.717) is 18.3 Å². The fourth-order valence-corrected chi connectivity index (χ4v) is 2.70. The zero-order chi connectivity index (χ0) is 15.7. The van der Waals surface area contributed by atoms with Crippen molar-refractivity contribution in [2.75, 3.05) is 5.32 Å². The van der Waals surface area contributed by atoms with Crippen LogP contribution in [-0.2, 0) is 11.2 Å². The number of aryl methyl sites for hydroxylation is 1. The van der Waals surface area contributed by atoms with E-state index >= 15 is 0 Å². The van der Waals surface area contributed by atoms with Gasteiger partial charge in [-0.1, -0.05) is 25.1 Å². The summed E-state index contributed by atoms with van der Waals surface area (Å²) in [6.45, 7) is 6.23. The summed E-state index contributed by atoms with van der Waals surface area (Å²) in [4.78, 5) is 12.4. The van der Waals surface area contributed by atoms with Gasteiger partial charge in [-0.15, -0.1) is 0 Å². The van der Waals surface area contributed by atoms with Crippen LogP contribution in [0.15, 0.2) is 30.3 Å². The number of para-hydroxylation sites is 1. The number of nitrogens with zero attached hydrogens (tertiary/aromatic N) is 2. The molecule has 0 bridgehead atoms. The minimum Gasteiger partial charge on any atom is -0.480 e. The van der Waals surface area contributed by atoms with Gasteiger partial charge in [0.1, 0.15) is 5.75 Å². The van der Waals surface area contributed by atoms with Crippen molar-refractivity contribution in [2.45, 2.75) is 45.8 Å². The molecule has 1 aliphatic rings. The van der Waals surface area contributed by atoms with E-state index in [9.17, 15) is 4.79 Å². The topological polar surface area (TPSA) is 56.2 Å². The van der Waals surface area contributed by atoms with Gasteiger partial charge in [0, 0.05) is 24.2 Å². The second-order valence-electron chi connectivity index (χ2n) is 5.78. The van der Waals surface area contributed by atoms with E-state index in [0.717, 1.165) is 23.4 Å². The van der Waals surface area contributed by atoms with Gasteiger partial charge < -0.3 is 10.1 Å². The standard InChI is InChI=1S/C17H21N3O2/c1-4-11(2)20-12(3)9-16(19-20)18-17(21)15-10-13-7-5-6-8-14(13)22-15/h5-9,11,15H,4,10H2,1-3H3,(H,18,19,21). The Morgan fingerprint density at radius 1 is 1.50 bits per heavy atom. The Bertz CT molecular complexity index is 668. The molecule has 2 unspecified atom stereocenters. The van der Waals surface area contributed by atoms with Gasteiger partial charge in [-0.05, 0) is 31.9 Å². The maximum Gasteiger partial charge on any atom is 0.266 e. The van der Waals surface area contributed by atoms with E-state index < -0.39 is 6.10 Å². The summed E-state index contributed by atoms with van der Waals surface area (Å²) < 4.78 is 7.64. The Labute approximate surface area is 130 Å². The molecule has 1 amide bonds. The molecule has 22 heavy (non-hydrogen) atoms. The van der Waals surface area contributed by atoms with Gasteiger partial charge in [0.2, 0.25) is 0 Å². The highest BCUT2D eigenvalue weighted by Gasteiger charge is 2.29. The van der Waals surface area contributed by atoms with Gasteiger partial charge in [0.05, 0.1) is 0 Å². The van der Waals surface area contributed by atoms with Crippen molar-refractivity contribution in [2.24, 2.45) is 0 Å². The Hall–Kier alpha value is -2.30. The van der Waals surface area contributed by atoms with E-state index in [-0.39, 0.29) is 5.91 Å². The van der Waals surface area contributed by atoms with Crippen molar-refractivity contribution in [1.82, 2.24) is 9.78 Å². The number of rotatable bonds is 4. The molecule has 0 spiro atoms. The van der Waals surface area contributed by atoms with Crippen LogP contribution in [0.1, 0.15) is 37.6 Å². The average Bonchev–Trinajstić information content (AvgIpc) is 3.09. The van der Waals surface area contributed by atoms with E-state index in [2.05, 4.69) is 24.3 Å². The Morgan fingerprint density at radius 2 is 2.27 bits per heavy atom. The number of carbonyl (C=O) groups is 1. The summed E-state index contributed by atoms with van der Waals surface area (Å²) in [6, 6.07) is 9.97. The molecule has 0 radical (unpaired) electrons. The Balaban J connectivity index is 1.68. The van der Waals surface area contributed by atoms with Crippen molar-refractivity contribution in [1.29, 1.82) is 0 Å². The van der Waals surface area contributed by atoms with Gasteiger partial charge in [-0.2, -0.15) is 5.10 Å². The normalized spacial score (nSPS) is 17.7. The highest BCUT2D eigenvalue weighted by atomic mass is 16.5. The first-order valence-corrected chi connectivity index (χ1v) is 7.70. The van der Waals surface area contributed by atoms with Crippen LogP contribution < -0.4 is 10.1 Å². The molecule has 5 nitrogen and oxygen atoms in total. The van der Waals surface area contributed by atoms with Gasteiger partial charge in [-0.3, -0.25) is 9.48 Å². The monoisotopic (exact) mass is 299 g/mol. The summed E-state index contributed by atoms with van der Waals surface area (Å²) in [7, 11) is 0. The molecule has 2 heterocycles. The van der Waals surface area contributed by atoms with Crippen molar-refractivity contribution >= 4 is 11.7 Å². The van der Waals surface area contributed by atoms with Crippen LogP contribution in [0.25, 0.3) is 0 Å². The zero-order valence-electron chi connectivity index (χ0n) is 13.2. The molecule has 1 N–H and O–H groups in total. The predicted molar refractivity (Wildman–Crippen MR) is 85.2 cm³/mol. The number of benzene rings is 1. The molecule has 0 saturated heterocycles. The minimum absolute atomic E-state index is 0.148. The number of amides is 1. The van der Waals surface area contributed by atoms with Crippen LogP contribution in [0.3, 0.4) is 0 Å². The zero-order valence-corrected chi connectivity index (χ0v) is 13.2. The number of hydrogen-bond donors (Lipinski definition) is 1. The molecule has 5 heteroatoms. The fourth-order valence-electron chi connectivity index (χ4n) is 2.70. The number of anilines is 1. The first-order valence-electron chi connectivity index (χ1n) is 7.70. The lowest BCUT2D eigenvalue weighted by molar-refractivity contribution is -0.122. The number of ether oxygens (including phenoxy) is 1. The molecular weight excluding hydrogens is 278 g/mol. The largest absolute Gasteiger partial charge is 0.480 e. The molecule has 2 aromatic rings. The lowest BCUT2D eigenvalue weighted by Crippen LogP contribution is -2.31. The lowest BCUT2D eigenvalue weighted by atomic mass is 10.1. The van der Waals surface area contributed by atoms with E-state index in [1.165, 1.54) is 0 Å². The molecule has 0 fully saturated rings. The summed E-state index contributed by atoms with van der Waals surface area (Å²) >= 11 is 0. The summed E-state index contributed by atoms with van der Waals surface area (Å²) in [5.41, 5.74) is 2.12. The summed E-state index contributed by atoms with van der Waals surface area (Å²) in [5.74, 6) is 1.23. The second kappa shape index (κ2) is 5.83. The van der Waals surface area contributed by atoms with Gasteiger partial charge in [-0.25, -0.2) is 0 Å². The van der Waals surface area contributed by atoms with Gasteiger partial charge in [0.15, 0.2) is 11.9 Å². The van der Waals surface area contributed by atoms with Crippen LogP contribution in [0.4, 0.5) is 5.82 Å². The molecule has 1 aromatic heterocycles. The van der Waals surface area contributed by atoms with Crippen LogP contribution in [0.2, 0.25) is 0 Å². The van der Waals surface area contributed by atoms with E-state index in [1.807, 2.05) is 41.9 Å². The number of nitrogens with one attached hydrogen (secondary N) is 1. The van der Waals surface area contributed by atoms with Crippen molar-refractivity contribution in [3.63, 3.8) is 0 Å². The van der Waals surface area contributed by atoms with Crippen molar-refractivity contribution in [3.05, 3.63) is 41.6 Å². The molecule has 1 aliphatic heterocycles. The highest BCUT2D eigenvalue weighted by molar-refractivity contribution is 5.94. The third-order valence-corrected chi connectivity index (χ3v) is 4.12. The molecule has 116 valence electrons. The number of fused-ring (bicyclic) bond motifs is 1. The quantitative estimate of drug-likeness (QED) is 0.943. The molecule has 3 rings (SSSR count). The molecular formula is C17H21N3O2. The highest BCUT2D eigenvalue weighted by Crippen LogP contribution is 2.28. The van der Waals surface area contributed by atoms with E-state index in [1.54, 1.807) is 0 Å². The van der Waals surface area contributed by atoms with Crippen molar-refractivity contribution < 1.29 is 9.53 Å². The number of hydrogen-bond acceptors (Lipinski definition) is 3. The smallest absolute Gasteiger partial charge is 0.266 e. The average molecular weight is 299 g/mol. The lowest BCUT2D eigenvalue weighted by Gasteiger charge is -2.11. The minimum atomic E-state index is -0.480. The fraction of sp³-hybridized carbons (Fsp3) is 0.412. The van der Waals surface area contributed by atoms with Crippen molar-refractivity contribution in [3.8, 4) is 5.75 Å². The first kappa shape index (κ1) is 14.6. The summed E-state index contributed by atoms with van der Waals surface area (Å²) in [5, 5.41) is 7.33. The molecule has 2 atom stereocenters. The SMILES string of the molecule is CCC(C)n1nc(NC(=O)C2Cc3ccccc3O2)cc1C. The van der Waals surface area contributed by atoms with E-state index in [4.69, 9.17) is 4.74 Å². The molecule has 0 saturated carbocycles. The predicted octanol–water partition coefficient (Wildman–Crippen LogP) is 3.10. The maximum atomic E-state index is 12.4. The summed E-state index contributed by atoms with van der Waals surface area (Å²) in [6.07, 6.45) is 1.12. The maximum absolute atomic E-state index is 12.4. The van der Waals surface area contributed by atoms with Crippen LogP contribution >= 0.6 is 0 Å². The van der Waals surface area contributed by atoms with Crippen LogP contribution in [0, 0.1) is 6.92 Å². The van der Waals surface area contributed by atoms with Gasteiger partial charge in [0.25, 0.3) is 5.91 Å². The van der Waals surface area contributed by atoms with Crippen LogP contribution in [-0.4, -0.2) is 21.8 Å². The van der Waals surface area contributed by atoms with Crippen LogP contribution in [0.5, 0.6) is 5.75 Å². The number of carbonyl (C=O) groups excluding carboxylic acids is 1. The second-order valence-corrected chi connectivity index (χ2v) is 5.78. The molecule has 1 aromatic carbocycles.